The molecule has 0 saturated carbocycles. The van der Waals surface area contributed by atoms with Crippen molar-refractivity contribution in [2.45, 2.75) is 24.3 Å². The number of halogens is 8. The Morgan fingerprint density at radius 2 is 1.40 bits per heavy atom. The van der Waals surface area contributed by atoms with E-state index in [4.69, 9.17) is 23.2 Å². The molecule has 4 nitrogen and oxygen atoms in total. The van der Waals surface area contributed by atoms with Crippen molar-refractivity contribution in [3.05, 3.63) is 129 Å². The molecule has 0 bridgehead atoms. The fourth-order valence-electron chi connectivity index (χ4n) is 4.16. The van der Waals surface area contributed by atoms with Crippen LogP contribution in [-0.4, -0.2) is 11.0 Å². The van der Waals surface area contributed by atoms with E-state index in [1.807, 2.05) is 0 Å². The topological polar surface area (TPSA) is 54.0 Å². The molecule has 1 atom stereocenters. The lowest BCUT2D eigenvalue weighted by atomic mass is 9.80. The van der Waals surface area contributed by atoms with Crippen molar-refractivity contribution in [1.82, 2.24) is 10.3 Å². The minimum absolute atomic E-state index is 0.0197. The maximum atomic E-state index is 13.7. The molecule has 1 heterocycles. The third kappa shape index (κ3) is 6.68. The normalized spacial score (nSPS) is 13.4. The van der Waals surface area contributed by atoms with Gasteiger partial charge in [-0.1, -0.05) is 65.7 Å². The van der Waals surface area contributed by atoms with Crippen molar-refractivity contribution in [2.75, 3.05) is 5.32 Å². The molecule has 1 aromatic heterocycles. The summed E-state index contributed by atoms with van der Waals surface area (Å²) in [5.74, 6) is 0. The number of urea groups is 1. The van der Waals surface area contributed by atoms with E-state index in [0.29, 0.717) is 11.6 Å². The summed E-state index contributed by atoms with van der Waals surface area (Å²) < 4.78 is 81.0. The highest BCUT2D eigenvalue weighted by molar-refractivity contribution is 6.33. The first-order chi connectivity index (χ1) is 18.8. The fraction of sp³-hybridized carbons (Fsp3) is 0.143. The van der Waals surface area contributed by atoms with E-state index < -0.39 is 35.0 Å². The Bertz CT molecular complexity index is 1490. The summed E-state index contributed by atoms with van der Waals surface area (Å²) in [6.07, 6.45) is -8.21. The number of benzene rings is 3. The first-order valence-corrected chi connectivity index (χ1v) is 12.3. The molecule has 0 saturated heterocycles. The summed E-state index contributed by atoms with van der Waals surface area (Å²) in [4.78, 5) is 17.7. The standard InChI is InChI=1S/C28H19Cl2F6N3O/c29-21-10-12-24(37-16-21)26(15-17-5-2-1-3-6-17,18-7-4-8-19(13-18)27(31,32)33)39-25(40)38-23-14-20(28(34,35)36)9-11-22(23)30/h1-14,16H,15H2,(H2,38,39,40). The highest BCUT2D eigenvalue weighted by Gasteiger charge is 2.40. The van der Waals surface area contributed by atoms with Crippen molar-refractivity contribution in [2.24, 2.45) is 0 Å². The summed E-state index contributed by atoms with van der Waals surface area (Å²) in [7, 11) is 0. The number of alkyl halides is 6. The van der Waals surface area contributed by atoms with E-state index in [1.54, 1.807) is 30.3 Å². The van der Waals surface area contributed by atoms with Gasteiger partial charge < -0.3 is 10.6 Å². The quantitative estimate of drug-likeness (QED) is 0.218. The van der Waals surface area contributed by atoms with Gasteiger partial charge in [-0.25, -0.2) is 4.79 Å². The molecule has 2 amide bonds. The predicted octanol–water partition coefficient (Wildman–Crippen LogP) is 8.73. The molecule has 0 aliphatic carbocycles. The van der Waals surface area contributed by atoms with Crippen LogP contribution in [0.1, 0.15) is 27.9 Å². The first-order valence-electron chi connectivity index (χ1n) is 11.6. The van der Waals surface area contributed by atoms with Crippen LogP contribution in [0.15, 0.2) is 91.1 Å². The van der Waals surface area contributed by atoms with Crippen molar-refractivity contribution < 1.29 is 31.1 Å². The summed E-state index contributed by atoms with van der Waals surface area (Å²) in [5.41, 5.74) is -3.34. The molecule has 0 aliphatic rings. The lowest BCUT2D eigenvalue weighted by molar-refractivity contribution is -0.138. The van der Waals surface area contributed by atoms with Crippen LogP contribution in [-0.2, 0) is 24.3 Å². The monoisotopic (exact) mass is 597 g/mol. The van der Waals surface area contributed by atoms with Gasteiger partial charge in [0.05, 0.1) is 32.6 Å². The maximum absolute atomic E-state index is 13.7. The van der Waals surface area contributed by atoms with Crippen LogP contribution in [0.5, 0.6) is 0 Å². The number of rotatable bonds is 6. The predicted molar refractivity (Wildman–Crippen MR) is 140 cm³/mol. The van der Waals surface area contributed by atoms with Gasteiger partial charge in [-0.15, -0.1) is 0 Å². The van der Waals surface area contributed by atoms with Crippen LogP contribution in [0.4, 0.5) is 36.8 Å². The van der Waals surface area contributed by atoms with Crippen molar-refractivity contribution in [3.63, 3.8) is 0 Å². The molecule has 0 fully saturated rings. The number of pyridine rings is 1. The summed E-state index contributed by atoms with van der Waals surface area (Å²) in [6, 6.07) is 17.2. The lowest BCUT2D eigenvalue weighted by Crippen LogP contribution is -2.50. The fourth-order valence-corrected chi connectivity index (χ4v) is 4.43. The summed E-state index contributed by atoms with van der Waals surface area (Å²) in [6.45, 7) is 0. The molecular weight excluding hydrogens is 579 g/mol. The zero-order valence-electron chi connectivity index (χ0n) is 20.2. The minimum atomic E-state index is -4.71. The molecule has 0 aliphatic heterocycles. The molecule has 3 aromatic carbocycles. The van der Waals surface area contributed by atoms with E-state index in [1.165, 1.54) is 30.5 Å². The molecule has 4 aromatic rings. The number of nitrogens with one attached hydrogen (secondary N) is 2. The largest absolute Gasteiger partial charge is 0.416 e. The maximum Gasteiger partial charge on any atom is 0.416 e. The van der Waals surface area contributed by atoms with Gasteiger partial charge in [0, 0.05) is 12.6 Å². The van der Waals surface area contributed by atoms with Gasteiger partial charge in [0.15, 0.2) is 0 Å². The highest BCUT2D eigenvalue weighted by Crippen LogP contribution is 2.38. The van der Waals surface area contributed by atoms with Gasteiger partial charge >= 0.3 is 18.4 Å². The summed E-state index contributed by atoms with van der Waals surface area (Å²) >= 11 is 12.1. The number of carbonyl (C=O) groups is 1. The minimum Gasteiger partial charge on any atom is -0.322 e. The third-order valence-electron chi connectivity index (χ3n) is 6.03. The van der Waals surface area contributed by atoms with Crippen LogP contribution in [0.25, 0.3) is 0 Å². The smallest absolute Gasteiger partial charge is 0.322 e. The third-order valence-corrected chi connectivity index (χ3v) is 6.58. The summed E-state index contributed by atoms with van der Waals surface area (Å²) in [5, 5.41) is 5.04. The van der Waals surface area contributed by atoms with Crippen molar-refractivity contribution in [1.29, 1.82) is 0 Å². The van der Waals surface area contributed by atoms with Crippen LogP contribution in [0, 0.1) is 0 Å². The first kappa shape index (κ1) is 29.2. The van der Waals surface area contributed by atoms with Gasteiger partial charge in [0.1, 0.15) is 5.54 Å². The van der Waals surface area contributed by atoms with Crippen molar-refractivity contribution >= 4 is 34.9 Å². The number of amides is 2. The van der Waals surface area contributed by atoms with Gasteiger partial charge in [-0.3, -0.25) is 4.98 Å². The SMILES string of the molecule is O=C(Nc1cc(C(F)(F)F)ccc1Cl)NC(Cc1ccccc1)(c1cccc(C(F)(F)F)c1)c1ccc(Cl)cn1. The van der Waals surface area contributed by atoms with E-state index in [-0.39, 0.29) is 33.4 Å². The molecule has 1 unspecified atom stereocenters. The van der Waals surface area contributed by atoms with E-state index in [0.717, 1.165) is 24.3 Å². The van der Waals surface area contributed by atoms with Gasteiger partial charge in [0.25, 0.3) is 0 Å². The Kier molecular flexibility index (Phi) is 8.32. The molecule has 208 valence electrons. The second-order valence-corrected chi connectivity index (χ2v) is 9.62. The lowest BCUT2D eigenvalue weighted by Gasteiger charge is -2.36. The van der Waals surface area contributed by atoms with E-state index >= 15 is 0 Å². The zero-order valence-corrected chi connectivity index (χ0v) is 21.8. The Labute approximate surface area is 235 Å². The number of hydrogen-bond acceptors (Lipinski definition) is 2. The number of anilines is 1. The van der Waals surface area contributed by atoms with E-state index in [9.17, 15) is 31.1 Å². The average molecular weight is 598 g/mol. The molecule has 12 heteroatoms. The van der Waals surface area contributed by atoms with Gasteiger partial charge in [-0.05, 0) is 53.6 Å². The van der Waals surface area contributed by atoms with Crippen LogP contribution in [0.2, 0.25) is 10.0 Å². The number of nitrogens with zero attached hydrogens (tertiary/aromatic N) is 1. The molecule has 2 N–H and O–H groups in total. The Hall–Kier alpha value is -3.76. The van der Waals surface area contributed by atoms with Gasteiger partial charge in [-0.2, -0.15) is 26.3 Å². The second kappa shape index (κ2) is 11.4. The Morgan fingerprint density at radius 1 is 0.750 bits per heavy atom. The molecule has 0 spiro atoms. The Balaban J connectivity index is 1.86. The molecule has 0 radical (unpaired) electrons. The van der Waals surface area contributed by atoms with Crippen molar-refractivity contribution in [3.8, 4) is 0 Å². The van der Waals surface area contributed by atoms with E-state index in [2.05, 4.69) is 15.6 Å². The second-order valence-electron chi connectivity index (χ2n) is 8.78. The van der Waals surface area contributed by atoms with Crippen LogP contribution >= 0.6 is 23.2 Å². The number of carbonyl (C=O) groups excluding carboxylic acids is 1. The van der Waals surface area contributed by atoms with Crippen LogP contribution < -0.4 is 10.6 Å². The number of aromatic nitrogens is 1. The average Bonchev–Trinajstić information content (AvgIpc) is 2.89. The number of hydrogen-bond donors (Lipinski definition) is 2. The Morgan fingerprint density at radius 3 is 2.02 bits per heavy atom. The molecular formula is C28H19Cl2F6N3O. The highest BCUT2D eigenvalue weighted by atomic mass is 35.5. The van der Waals surface area contributed by atoms with Gasteiger partial charge in [0.2, 0.25) is 0 Å². The molecule has 4 rings (SSSR count). The van der Waals surface area contributed by atoms with Crippen LogP contribution in [0.3, 0.4) is 0 Å². The molecule has 40 heavy (non-hydrogen) atoms. The zero-order chi connectivity index (χ0) is 29.1.